The van der Waals surface area contributed by atoms with Crippen molar-refractivity contribution >= 4 is 18.4 Å². The summed E-state index contributed by atoms with van der Waals surface area (Å²) in [4.78, 5) is 0. The minimum Gasteiger partial charge on any atom is -0.504 e. The van der Waals surface area contributed by atoms with E-state index in [2.05, 4.69) is 15.3 Å². The van der Waals surface area contributed by atoms with Gasteiger partial charge in [-0.1, -0.05) is 6.07 Å². The molecule has 0 saturated heterocycles. The van der Waals surface area contributed by atoms with Crippen molar-refractivity contribution in [1.82, 2.24) is 14.9 Å². The molecular weight excluding hydrogens is 408 g/mol. The van der Waals surface area contributed by atoms with Crippen LogP contribution in [-0.4, -0.2) is 54.1 Å². The van der Waals surface area contributed by atoms with Crippen LogP contribution in [0.1, 0.15) is 12.5 Å². The van der Waals surface area contributed by atoms with Gasteiger partial charge in [-0.05, 0) is 43.4 Å². The van der Waals surface area contributed by atoms with Crippen LogP contribution >= 0.6 is 12.2 Å². The molecule has 0 aliphatic rings. The Kier molecular flexibility index (Phi) is 6.58. The van der Waals surface area contributed by atoms with E-state index in [1.54, 1.807) is 30.3 Å². The summed E-state index contributed by atoms with van der Waals surface area (Å²) in [6, 6.07) is 8.64. The Morgan fingerprint density at radius 3 is 2.43 bits per heavy atom. The maximum Gasteiger partial charge on any atom is 0.216 e. The fraction of sp³-hybridized carbons (Fsp3) is 0.250. The van der Waals surface area contributed by atoms with E-state index in [0.29, 0.717) is 46.6 Å². The van der Waals surface area contributed by atoms with Crippen molar-refractivity contribution in [3.05, 3.63) is 40.7 Å². The molecule has 1 aromatic heterocycles. The summed E-state index contributed by atoms with van der Waals surface area (Å²) in [5.74, 6) is 2.20. The van der Waals surface area contributed by atoms with Crippen LogP contribution in [0, 0.1) is 4.77 Å². The molecule has 2 aromatic carbocycles. The lowest BCUT2D eigenvalue weighted by Gasteiger charge is -2.13. The van der Waals surface area contributed by atoms with Crippen molar-refractivity contribution in [2.75, 3.05) is 27.9 Å². The van der Waals surface area contributed by atoms with Crippen LogP contribution in [0.4, 0.5) is 0 Å². The molecule has 0 saturated carbocycles. The lowest BCUT2D eigenvalue weighted by molar-refractivity contribution is 0.318. The van der Waals surface area contributed by atoms with Gasteiger partial charge in [-0.2, -0.15) is 14.9 Å². The van der Waals surface area contributed by atoms with Crippen LogP contribution in [0.3, 0.4) is 0 Å². The number of aromatic hydroxyl groups is 1. The minimum atomic E-state index is -0.00699. The van der Waals surface area contributed by atoms with Gasteiger partial charge < -0.3 is 24.1 Å². The number of benzene rings is 2. The van der Waals surface area contributed by atoms with E-state index in [-0.39, 0.29) is 10.5 Å². The van der Waals surface area contributed by atoms with E-state index in [1.165, 1.54) is 32.2 Å². The van der Waals surface area contributed by atoms with Crippen molar-refractivity contribution < 1.29 is 24.1 Å². The van der Waals surface area contributed by atoms with Gasteiger partial charge in [0.25, 0.3) is 0 Å². The number of aromatic nitrogens is 3. The zero-order chi connectivity index (χ0) is 21.7. The van der Waals surface area contributed by atoms with Gasteiger partial charge in [0.1, 0.15) is 0 Å². The van der Waals surface area contributed by atoms with Crippen LogP contribution in [0.5, 0.6) is 28.7 Å². The van der Waals surface area contributed by atoms with Gasteiger partial charge in [0, 0.05) is 11.1 Å². The van der Waals surface area contributed by atoms with Crippen molar-refractivity contribution in [2.45, 2.75) is 6.92 Å². The van der Waals surface area contributed by atoms with Crippen LogP contribution in [0.2, 0.25) is 0 Å². The first kappa shape index (κ1) is 21.2. The number of ether oxygens (including phenoxy) is 4. The van der Waals surface area contributed by atoms with Gasteiger partial charge in [0.05, 0.1) is 34.2 Å². The third-order valence-corrected chi connectivity index (χ3v) is 4.48. The van der Waals surface area contributed by atoms with Gasteiger partial charge >= 0.3 is 0 Å². The summed E-state index contributed by atoms with van der Waals surface area (Å²) in [5.41, 5.74) is 1.11. The lowest BCUT2D eigenvalue weighted by atomic mass is 10.1. The molecule has 2 N–H and O–H groups in total. The number of nitrogens with zero attached hydrogens (tertiary/aromatic N) is 3. The molecule has 10 heteroatoms. The van der Waals surface area contributed by atoms with Crippen molar-refractivity contribution in [3.63, 3.8) is 0 Å². The average Bonchev–Trinajstić information content (AvgIpc) is 3.13. The molecule has 0 radical (unpaired) electrons. The Morgan fingerprint density at radius 1 is 1.13 bits per heavy atom. The summed E-state index contributed by atoms with van der Waals surface area (Å²) in [6.45, 7) is 2.28. The molecule has 3 aromatic rings. The number of para-hydroxylation sites is 1. The van der Waals surface area contributed by atoms with Crippen LogP contribution in [-0.2, 0) is 0 Å². The lowest BCUT2D eigenvalue weighted by Crippen LogP contribution is -1.99. The standard InChI is InChI=1S/C20H22N4O5S/c1-5-29-14-8-6-7-12(17(14)25)11-21-24-19(22-23-20(24)30)13-9-15(26-2)18(28-4)16(10-13)27-3/h6-11,25H,5H2,1-4H3,(H,23,30). The van der Waals surface area contributed by atoms with Gasteiger partial charge in [0.15, 0.2) is 28.8 Å². The molecule has 0 aliphatic carbocycles. The second-order valence-electron chi connectivity index (χ2n) is 5.95. The largest absolute Gasteiger partial charge is 0.504 e. The molecule has 0 aliphatic heterocycles. The number of phenols is 1. The number of phenolic OH excluding ortho intramolecular Hbond substituents is 1. The smallest absolute Gasteiger partial charge is 0.216 e. The summed E-state index contributed by atoms with van der Waals surface area (Å²) < 4.78 is 23.3. The van der Waals surface area contributed by atoms with Gasteiger partial charge in [0.2, 0.25) is 10.5 Å². The van der Waals surface area contributed by atoms with E-state index < -0.39 is 0 Å². The number of methoxy groups -OCH3 is 3. The second-order valence-corrected chi connectivity index (χ2v) is 6.34. The van der Waals surface area contributed by atoms with Crippen molar-refractivity contribution in [2.24, 2.45) is 5.10 Å². The summed E-state index contributed by atoms with van der Waals surface area (Å²) in [7, 11) is 4.60. The molecule has 3 rings (SSSR count). The highest BCUT2D eigenvalue weighted by molar-refractivity contribution is 7.71. The predicted octanol–water partition coefficient (Wildman–Crippen LogP) is 3.62. The Labute approximate surface area is 178 Å². The zero-order valence-electron chi connectivity index (χ0n) is 17.0. The Hall–Kier alpha value is -3.53. The average molecular weight is 430 g/mol. The molecule has 0 spiro atoms. The highest BCUT2D eigenvalue weighted by Gasteiger charge is 2.17. The fourth-order valence-corrected chi connectivity index (χ4v) is 3.01. The summed E-state index contributed by atoms with van der Waals surface area (Å²) in [5, 5.41) is 21.8. The first-order chi connectivity index (χ1) is 14.5. The molecule has 0 fully saturated rings. The van der Waals surface area contributed by atoms with Crippen molar-refractivity contribution in [3.8, 4) is 40.1 Å². The SMILES string of the molecule is CCOc1cccc(C=Nn2c(-c3cc(OC)c(OC)c(OC)c3)n[nH]c2=S)c1O. The molecule has 9 nitrogen and oxygen atoms in total. The van der Waals surface area contributed by atoms with Gasteiger partial charge in [-0.15, -0.1) is 0 Å². The Bertz CT molecular complexity index is 1100. The van der Waals surface area contributed by atoms with Crippen molar-refractivity contribution in [1.29, 1.82) is 0 Å². The molecule has 1 heterocycles. The van der Waals surface area contributed by atoms with Gasteiger partial charge in [-0.3, -0.25) is 0 Å². The topological polar surface area (TPSA) is 103 Å². The summed E-state index contributed by atoms with van der Waals surface area (Å²) >= 11 is 5.32. The van der Waals surface area contributed by atoms with E-state index in [1.807, 2.05) is 6.92 Å². The van der Waals surface area contributed by atoms with E-state index in [9.17, 15) is 5.11 Å². The zero-order valence-corrected chi connectivity index (χ0v) is 17.8. The number of aromatic amines is 1. The molecule has 30 heavy (non-hydrogen) atoms. The number of nitrogens with one attached hydrogen (secondary N) is 1. The van der Waals surface area contributed by atoms with Crippen LogP contribution in [0.15, 0.2) is 35.4 Å². The highest BCUT2D eigenvalue weighted by atomic mass is 32.1. The number of hydrogen-bond donors (Lipinski definition) is 2. The van der Waals surface area contributed by atoms with Crippen LogP contribution < -0.4 is 18.9 Å². The van der Waals surface area contributed by atoms with Gasteiger partial charge in [-0.25, -0.2) is 5.10 Å². The van der Waals surface area contributed by atoms with Crippen LogP contribution in [0.25, 0.3) is 11.4 Å². The minimum absolute atomic E-state index is 0.00699. The molecule has 0 bridgehead atoms. The highest BCUT2D eigenvalue weighted by Crippen LogP contribution is 2.40. The number of rotatable bonds is 8. The Balaban J connectivity index is 2.06. The number of hydrogen-bond acceptors (Lipinski definition) is 8. The normalized spacial score (nSPS) is 10.9. The first-order valence-corrected chi connectivity index (χ1v) is 9.41. The molecular formula is C20H22N4O5S. The maximum absolute atomic E-state index is 10.4. The quantitative estimate of drug-likeness (QED) is 0.416. The maximum atomic E-state index is 10.4. The molecule has 0 amide bonds. The Morgan fingerprint density at radius 2 is 1.83 bits per heavy atom. The van der Waals surface area contributed by atoms with E-state index >= 15 is 0 Å². The number of H-pyrrole nitrogens is 1. The second kappa shape index (κ2) is 9.31. The summed E-state index contributed by atoms with van der Waals surface area (Å²) in [6.07, 6.45) is 1.48. The van der Waals surface area contributed by atoms with E-state index in [0.717, 1.165) is 0 Å². The molecule has 158 valence electrons. The fourth-order valence-electron chi connectivity index (χ4n) is 2.83. The third-order valence-electron chi connectivity index (χ3n) is 4.22. The molecule has 0 unspecified atom stereocenters. The first-order valence-electron chi connectivity index (χ1n) is 9.00. The predicted molar refractivity (Wildman–Crippen MR) is 115 cm³/mol. The monoisotopic (exact) mass is 430 g/mol. The third kappa shape index (κ3) is 4.08. The molecule has 0 atom stereocenters. The van der Waals surface area contributed by atoms with E-state index in [4.69, 9.17) is 31.2 Å².